The molecule has 5 nitrogen and oxygen atoms in total. The van der Waals surface area contributed by atoms with Gasteiger partial charge in [0, 0.05) is 29.2 Å². The predicted molar refractivity (Wildman–Crippen MR) is 220 cm³/mol. The molecule has 52 heavy (non-hydrogen) atoms. The fourth-order valence-electron chi connectivity index (χ4n) is 6.82. The van der Waals surface area contributed by atoms with Crippen LogP contribution in [-0.4, -0.2) is 32.7 Å². The first-order valence-electron chi connectivity index (χ1n) is 18.1. The van der Waals surface area contributed by atoms with Crippen molar-refractivity contribution in [1.82, 2.24) is 19.5 Å². The lowest BCUT2D eigenvalue weighted by atomic mass is 9.83. The average Bonchev–Trinajstić information content (AvgIpc) is 3.50. The van der Waals surface area contributed by atoms with Crippen LogP contribution in [0.3, 0.4) is 0 Å². The van der Waals surface area contributed by atoms with Crippen LogP contribution in [-0.2, 0) is 10.8 Å². The molecule has 0 amide bonds. The van der Waals surface area contributed by atoms with E-state index in [1.165, 1.54) is 21.9 Å². The van der Waals surface area contributed by atoms with E-state index in [9.17, 15) is 5.11 Å². The van der Waals surface area contributed by atoms with Crippen LogP contribution in [0.15, 0.2) is 122 Å². The van der Waals surface area contributed by atoms with Crippen LogP contribution in [0, 0.1) is 0 Å². The van der Waals surface area contributed by atoms with Crippen molar-refractivity contribution < 1.29 is 5.11 Å². The van der Waals surface area contributed by atoms with Gasteiger partial charge in [-0.05, 0) is 92.4 Å². The van der Waals surface area contributed by atoms with Gasteiger partial charge >= 0.3 is 0 Å². The van der Waals surface area contributed by atoms with E-state index in [2.05, 4.69) is 151 Å². The third-order valence-electron chi connectivity index (χ3n) is 9.87. The Morgan fingerprint density at radius 3 is 1.90 bits per heavy atom. The highest BCUT2D eigenvalue weighted by atomic mass is 28.3. The van der Waals surface area contributed by atoms with E-state index in [1.807, 2.05) is 30.5 Å². The van der Waals surface area contributed by atoms with Crippen LogP contribution < -0.4 is 5.19 Å². The maximum absolute atomic E-state index is 11.3. The summed E-state index contributed by atoms with van der Waals surface area (Å²) < 4.78 is 2.07. The lowest BCUT2D eigenvalue weighted by Gasteiger charge is -2.23. The highest BCUT2D eigenvalue weighted by Gasteiger charge is 2.26. The summed E-state index contributed by atoms with van der Waals surface area (Å²) in [5, 5.41) is 12.7. The van der Waals surface area contributed by atoms with Gasteiger partial charge in [-0.3, -0.25) is 9.55 Å². The molecule has 7 rings (SSSR count). The lowest BCUT2D eigenvalue weighted by molar-refractivity contribution is 0.475. The Morgan fingerprint density at radius 2 is 1.25 bits per heavy atom. The van der Waals surface area contributed by atoms with Gasteiger partial charge < -0.3 is 5.11 Å². The summed E-state index contributed by atoms with van der Waals surface area (Å²) in [4.78, 5) is 15.4. The summed E-state index contributed by atoms with van der Waals surface area (Å²) in [5.41, 5.74) is 11.7. The number of rotatable bonds is 6. The highest BCUT2D eigenvalue weighted by Crippen LogP contribution is 2.40. The standard InChI is InChI=1S/C46H48N4OSi/c1-45(2,3)33-20-21-40(51)38(27-33)43-49-42-36(22-23-47-44(42)50(43)35-18-14-11-15-19-35)31-24-32(26-34(25-31)46(4,5)6)39-28-37(30-16-12-10-13-17-30)41(29-48-39)52(7,8)9/h10-29,51H,1-9H3. The predicted octanol–water partition coefficient (Wildman–Crippen LogP) is 11.3. The zero-order valence-electron chi connectivity index (χ0n) is 31.8. The summed E-state index contributed by atoms with van der Waals surface area (Å²) in [5.74, 6) is 0.828. The van der Waals surface area contributed by atoms with Gasteiger partial charge in [-0.15, -0.1) is 0 Å². The molecular formula is C46H48N4OSi. The molecule has 3 aromatic heterocycles. The molecule has 0 aliphatic carbocycles. The minimum Gasteiger partial charge on any atom is -0.507 e. The van der Waals surface area contributed by atoms with E-state index in [-0.39, 0.29) is 16.6 Å². The number of benzene rings is 4. The number of nitrogens with zero attached hydrogens (tertiary/aromatic N) is 4. The Kier molecular flexibility index (Phi) is 8.78. The zero-order valence-corrected chi connectivity index (χ0v) is 32.8. The normalized spacial score (nSPS) is 12.4. The second kappa shape index (κ2) is 13.0. The number of aromatic hydroxyl groups is 1. The van der Waals surface area contributed by atoms with Crippen molar-refractivity contribution in [3.63, 3.8) is 0 Å². The molecule has 0 radical (unpaired) electrons. The van der Waals surface area contributed by atoms with Crippen molar-refractivity contribution in [1.29, 1.82) is 0 Å². The SMILES string of the molecule is CC(C)(C)c1cc(-c2cc(-c3ccccc3)c([Si](C)(C)C)cn2)cc(-c2ccnc3c2nc(-c2cc(C(C)(C)C)ccc2O)n3-c2ccccc2)c1. The van der Waals surface area contributed by atoms with E-state index in [0.29, 0.717) is 11.4 Å². The zero-order chi connectivity index (χ0) is 37.0. The van der Waals surface area contributed by atoms with Crippen molar-refractivity contribution >= 4 is 24.4 Å². The number of phenols is 1. The van der Waals surface area contributed by atoms with E-state index in [1.54, 1.807) is 6.07 Å². The minimum absolute atomic E-state index is 0.110. The second-order valence-corrected chi connectivity index (χ2v) is 21.9. The molecule has 0 fully saturated rings. The van der Waals surface area contributed by atoms with Gasteiger partial charge in [0.25, 0.3) is 0 Å². The number of pyridine rings is 2. The molecule has 0 atom stereocenters. The van der Waals surface area contributed by atoms with Gasteiger partial charge in [-0.2, -0.15) is 0 Å². The van der Waals surface area contributed by atoms with Crippen LogP contribution >= 0.6 is 0 Å². The van der Waals surface area contributed by atoms with Crippen LogP contribution in [0.4, 0.5) is 0 Å². The van der Waals surface area contributed by atoms with Gasteiger partial charge in [0.15, 0.2) is 11.5 Å². The summed E-state index contributed by atoms with van der Waals surface area (Å²) in [6.45, 7) is 20.4. The smallest absolute Gasteiger partial charge is 0.165 e. The quantitative estimate of drug-likeness (QED) is 0.175. The van der Waals surface area contributed by atoms with Crippen LogP contribution in [0.25, 0.3) is 61.8 Å². The molecule has 0 aliphatic heterocycles. The molecule has 4 aromatic carbocycles. The summed E-state index contributed by atoms with van der Waals surface area (Å²) in [6.07, 6.45) is 3.98. The molecule has 0 aliphatic rings. The molecule has 0 saturated heterocycles. The third kappa shape index (κ3) is 6.71. The van der Waals surface area contributed by atoms with E-state index in [0.717, 1.165) is 44.8 Å². The maximum Gasteiger partial charge on any atom is 0.165 e. The lowest BCUT2D eigenvalue weighted by Crippen LogP contribution is -2.39. The Morgan fingerprint density at radius 1 is 0.596 bits per heavy atom. The van der Waals surface area contributed by atoms with Crippen molar-refractivity contribution in [2.24, 2.45) is 0 Å². The van der Waals surface area contributed by atoms with E-state index in [4.69, 9.17) is 15.0 Å². The summed E-state index contributed by atoms with van der Waals surface area (Å²) >= 11 is 0. The number of hydrogen-bond donors (Lipinski definition) is 1. The first kappa shape index (κ1) is 35.1. The molecule has 262 valence electrons. The Hall–Kier alpha value is -5.33. The fraction of sp³-hybridized carbons (Fsp3) is 0.239. The highest BCUT2D eigenvalue weighted by molar-refractivity contribution is 6.89. The number of para-hydroxylation sites is 1. The number of aromatic nitrogens is 4. The summed E-state index contributed by atoms with van der Waals surface area (Å²) in [6, 6.07) is 37.8. The Bertz CT molecular complexity index is 2410. The Labute approximate surface area is 309 Å². The van der Waals surface area contributed by atoms with Gasteiger partial charge in [-0.1, -0.05) is 122 Å². The molecular weight excluding hydrogens is 653 g/mol. The van der Waals surface area contributed by atoms with Gasteiger partial charge in [0.05, 0.1) is 19.3 Å². The first-order chi connectivity index (χ1) is 24.6. The largest absolute Gasteiger partial charge is 0.507 e. The van der Waals surface area contributed by atoms with Crippen molar-refractivity contribution in [3.8, 4) is 56.3 Å². The second-order valence-electron chi connectivity index (χ2n) is 16.9. The molecule has 0 unspecified atom stereocenters. The van der Waals surface area contributed by atoms with Crippen molar-refractivity contribution in [2.75, 3.05) is 0 Å². The van der Waals surface area contributed by atoms with Gasteiger partial charge in [0.2, 0.25) is 0 Å². The van der Waals surface area contributed by atoms with E-state index >= 15 is 0 Å². The molecule has 1 N–H and O–H groups in total. The number of phenolic OH excluding ortho intramolecular Hbond substituents is 1. The number of fused-ring (bicyclic) bond motifs is 1. The summed E-state index contributed by atoms with van der Waals surface area (Å²) in [7, 11) is -1.69. The van der Waals surface area contributed by atoms with Gasteiger partial charge in [-0.25, -0.2) is 9.97 Å². The minimum atomic E-state index is -1.69. The maximum atomic E-state index is 11.3. The first-order valence-corrected chi connectivity index (χ1v) is 21.6. The van der Waals surface area contributed by atoms with Crippen LogP contribution in [0.5, 0.6) is 5.75 Å². The monoisotopic (exact) mass is 700 g/mol. The molecule has 7 aromatic rings. The molecule has 0 spiro atoms. The van der Waals surface area contributed by atoms with Gasteiger partial charge in [0.1, 0.15) is 11.3 Å². The van der Waals surface area contributed by atoms with Crippen LogP contribution in [0.2, 0.25) is 19.6 Å². The van der Waals surface area contributed by atoms with Crippen molar-refractivity contribution in [3.05, 3.63) is 133 Å². The number of imidazole rings is 1. The molecule has 3 heterocycles. The Balaban J connectivity index is 1.49. The molecule has 0 saturated carbocycles. The van der Waals surface area contributed by atoms with Crippen molar-refractivity contribution in [2.45, 2.75) is 72.0 Å². The third-order valence-corrected chi connectivity index (χ3v) is 11.9. The van der Waals surface area contributed by atoms with Crippen LogP contribution in [0.1, 0.15) is 52.7 Å². The average molecular weight is 701 g/mol. The topological polar surface area (TPSA) is 63.8 Å². The molecule has 6 heteroatoms. The molecule has 0 bridgehead atoms. The fourth-order valence-corrected chi connectivity index (χ4v) is 8.30. The number of hydrogen-bond acceptors (Lipinski definition) is 4. The van der Waals surface area contributed by atoms with E-state index < -0.39 is 8.07 Å².